The zero-order valence-corrected chi connectivity index (χ0v) is 13.6. The fraction of sp³-hybridized carbons (Fsp3) is 0.222. The minimum atomic E-state index is -0.445. The molecule has 0 bridgehead atoms. The van der Waals surface area contributed by atoms with Crippen LogP contribution in [-0.4, -0.2) is 40.5 Å². The van der Waals surface area contributed by atoms with Crippen LogP contribution in [0, 0.1) is 5.92 Å². The molecule has 0 radical (unpaired) electrons. The minimum Gasteiger partial charge on any atom is -0.497 e. The number of nitrogens with zero attached hydrogens (tertiary/aromatic N) is 4. The molecule has 1 aliphatic heterocycles. The summed E-state index contributed by atoms with van der Waals surface area (Å²) in [6.45, 7) is 0.332. The zero-order valence-electron chi connectivity index (χ0n) is 13.6. The molecule has 0 spiro atoms. The standard InChI is InChI=1S/C18H16N4O3/c1-25-14-8-6-13(7-9-14)21-11-12(10-17(21)23)18(24)22-16-5-3-2-4-15(16)19-20-22/h2-9,12H,10-11H2,1H3/t12-/m1/s1. The first kappa shape index (κ1) is 15.3. The van der Waals surface area contributed by atoms with Gasteiger partial charge >= 0.3 is 0 Å². The molecule has 3 aromatic rings. The molecule has 1 aliphatic rings. The molecule has 25 heavy (non-hydrogen) atoms. The van der Waals surface area contributed by atoms with Crippen LogP contribution in [0.2, 0.25) is 0 Å². The molecule has 1 aromatic heterocycles. The summed E-state index contributed by atoms with van der Waals surface area (Å²) in [6, 6.07) is 14.5. The summed E-state index contributed by atoms with van der Waals surface area (Å²) < 4.78 is 6.43. The van der Waals surface area contributed by atoms with Crippen molar-refractivity contribution in [3.05, 3.63) is 48.5 Å². The van der Waals surface area contributed by atoms with E-state index >= 15 is 0 Å². The molecule has 2 aromatic carbocycles. The molecule has 1 atom stereocenters. The maximum Gasteiger partial charge on any atom is 0.254 e. The minimum absolute atomic E-state index is 0.0760. The van der Waals surface area contributed by atoms with Gasteiger partial charge in [-0.25, -0.2) is 0 Å². The summed E-state index contributed by atoms with van der Waals surface area (Å²) in [4.78, 5) is 26.8. The van der Waals surface area contributed by atoms with Crippen molar-refractivity contribution in [3.63, 3.8) is 0 Å². The fourth-order valence-corrected chi connectivity index (χ4v) is 3.09. The predicted octanol–water partition coefficient (Wildman–Crippen LogP) is 2.13. The number of anilines is 1. The van der Waals surface area contributed by atoms with Gasteiger partial charge in [0.15, 0.2) is 0 Å². The third-order valence-corrected chi connectivity index (χ3v) is 4.42. The SMILES string of the molecule is COc1ccc(N2C[C@H](C(=O)n3nnc4ccccc43)CC2=O)cc1. The summed E-state index contributed by atoms with van der Waals surface area (Å²) in [7, 11) is 1.59. The number of para-hydroxylation sites is 1. The van der Waals surface area contributed by atoms with Gasteiger partial charge < -0.3 is 9.64 Å². The van der Waals surface area contributed by atoms with Crippen LogP contribution in [0.25, 0.3) is 11.0 Å². The van der Waals surface area contributed by atoms with E-state index in [0.29, 0.717) is 17.6 Å². The second-order valence-electron chi connectivity index (χ2n) is 5.93. The van der Waals surface area contributed by atoms with Gasteiger partial charge in [0.05, 0.1) is 18.5 Å². The lowest BCUT2D eigenvalue weighted by molar-refractivity contribution is -0.117. The van der Waals surface area contributed by atoms with Gasteiger partial charge in [-0.05, 0) is 36.4 Å². The van der Waals surface area contributed by atoms with Crippen LogP contribution in [0.3, 0.4) is 0 Å². The highest BCUT2D eigenvalue weighted by atomic mass is 16.5. The van der Waals surface area contributed by atoms with E-state index in [1.807, 2.05) is 24.3 Å². The van der Waals surface area contributed by atoms with E-state index in [0.717, 1.165) is 11.4 Å². The molecule has 0 saturated carbocycles. The van der Waals surface area contributed by atoms with Gasteiger partial charge in [0.2, 0.25) is 5.91 Å². The van der Waals surface area contributed by atoms with Crippen LogP contribution in [0.15, 0.2) is 48.5 Å². The zero-order chi connectivity index (χ0) is 17.4. The molecule has 7 heteroatoms. The van der Waals surface area contributed by atoms with E-state index in [4.69, 9.17) is 4.74 Å². The van der Waals surface area contributed by atoms with Gasteiger partial charge in [-0.1, -0.05) is 17.3 Å². The van der Waals surface area contributed by atoms with Crippen molar-refractivity contribution in [1.29, 1.82) is 0 Å². The maximum atomic E-state index is 12.8. The van der Waals surface area contributed by atoms with Crippen molar-refractivity contribution in [1.82, 2.24) is 15.0 Å². The number of hydrogen-bond acceptors (Lipinski definition) is 5. The molecule has 0 unspecified atom stereocenters. The molecular weight excluding hydrogens is 320 g/mol. The Kier molecular flexibility index (Phi) is 3.68. The number of ether oxygens (including phenoxy) is 1. The van der Waals surface area contributed by atoms with Gasteiger partial charge in [-0.3, -0.25) is 9.59 Å². The van der Waals surface area contributed by atoms with E-state index in [-0.39, 0.29) is 18.2 Å². The number of carbonyl (C=O) groups is 2. The van der Waals surface area contributed by atoms with E-state index in [9.17, 15) is 9.59 Å². The third-order valence-electron chi connectivity index (χ3n) is 4.42. The fourth-order valence-electron chi connectivity index (χ4n) is 3.09. The molecular formula is C18H16N4O3. The van der Waals surface area contributed by atoms with E-state index in [1.54, 1.807) is 36.3 Å². The summed E-state index contributed by atoms with van der Waals surface area (Å²) >= 11 is 0. The quantitative estimate of drug-likeness (QED) is 0.732. The second-order valence-corrected chi connectivity index (χ2v) is 5.93. The Morgan fingerprint density at radius 2 is 1.92 bits per heavy atom. The number of hydrogen-bond donors (Lipinski definition) is 0. The molecule has 1 saturated heterocycles. The van der Waals surface area contributed by atoms with Crippen molar-refractivity contribution in [3.8, 4) is 5.75 Å². The monoisotopic (exact) mass is 336 g/mol. The van der Waals surface area contributed by atoms with Gasteiger partial charge in [0.25, 0.3) is 5.91 Å². The number of methoxy groups -OCH3 is 1. The Bertz CT molecular complexity index is 948. The van der Waals surface area contributed by atoms with Crippen molar-refractivity contribution in [2.45, 2.75) is 6.42 Å². The van der Waals surface area contributed by atoms with Crippen LogP contribution < -0.4 is 9.64 Å². The van der Waals surface area contributed by atoms with Crippen molar-refractivity contribution < 1.29 is 14.3 Å². The van der Waals surface area contributed by atoms with Crippen LogP contribution >= 0.6 is 0 Å². The number of aromatic nitrogens is 3. The highest BCUT2D eigenvalue weighted by Gasteiger charge is 2.36. The van der Waals surface area contributed by atoms with Crippen LogP contribution in [-0.2, 0) is 4.79 Å². The van der Waals surface area contributed by atoms with Gasteiger partial charge in [-0.2, -0.15) is 4.68 Å². The number of rotatable bonds is 3. The molecule has 1 fully saturated rings. The average Bonchev–Trinajstić information content (AvgIpc) is 3.25. The molecule has 126 valence electrons. The highest BCUT2D eigenvalue weighted by Crippen LogP contribution is 2.28. The summed E-state index contributed by atoms with van der Waals surface area (Å²) in [5.41, 5.74) is 2.07. The highest BCUT2D eigenvalue weighted by molar-refractivity contribution is 6.02. The van der Waals surface area contributed by atoms with E-state index in [1.165, 1.54) is 4.68 Å². The van der Waals surface area contributed by atoms with Gasteiger partial charge in [0, 0.05) is 18.7 Å². The molecule has 0 N–H and O–H groups in total. The molecule has 1 amide bonds. The van der Waals surface area contributed by atoms with Crippen LogP contribution in [0.4, 0.5) is 5.69 Å². The lowest BCUT2D eigenvalue weighted by Crippen LogP contribution is -2.28. The first-order valence-electron chi connectivity index (χ1n) is 7.96. The van der Waals surface area contributed by atoms with Crippen molar-refractivity contribution in [2.75, 3.05) is 18.6 Å². The van der Waals surface area contributed by atoms with Crippen molar-refractivity contribution in [2.24, 2.45) is 5.92 Å². The van der Waals surface area contributed by atoms with Crippen LogP contribution in [0.5, 0.6) is 5.75 Å². The topological polar surface area (TPSA) is 77.3 Å². The Morgan fingerprint density at radius 1 is 1.16 bits per heavy atom. The first-order chi connectivity index (χ1) is 12.2. The third kappa shape index (κ3) is 2.63. The largest absolute Gasteiger partial charge is 0.497 e. The maximum absolute atomic E-state index is 12.8. The normalized spacial score (nSPS) is 17.2. The summed E-state index contributed by atoms with van der Waals surface area (Å²) in [5, 5.41) is 7.96. The number of amides is 1. The molecule has 4 rings (SSSR count). The lowest BCUT2D eigenvalue weighted by Gasteiger charge is -2.16. The molecule has 0 aliphatic carbocycles. The van der Waals surface area contributed by atoms with E-state index < -0.39 is 5.92 Å². The Morgan fingerprint density at radius 3 is 2.68 bits per heavy atom. The average molecular weight is 336 g/mol. The Balaban J connectivity index is 1.58. The molecule has 2 heterocycles. The lowest BCUT2D eigenvalue weighted by atomic mass is 10.1. The summed E-state index contributed by atoms with van der Waals surface area (Å²) in [6.07, 6.45) is 0.166. The second kappa shape index (κ2) is 6.01. The molecule has 7 nitrogen and oxygen atoms in total. The van der Waals surface area contributed by atoms with Crippen LogP contribution in [0.1, 0.15) is 11.2 Å². The number of carbonyl (C=O) groups excluding carboxylic acids is 2. The Hall–Kier alpha value is -3.22. The van der Waals surface area contributed by atoms with Gasteiger partial charge in [-0.15, -0.1) is 5.10 Å². The number of fused-ring (bicyclic) bond motifs is 1. The first-order valence-corrected chi connectivity index (χ1v) is 7.96. The predicted molar refractivity (Wildman–Crippen MR) is 91.6 cm³/mol. The van der Waals surface area contributed by atoms with Crippen molar-refractivity contribution >= 4 is 28.5 Å². The Labute approximate surface area is 143 Å². The van der Waals surface area contributed by atoms with E-state index in [2.05, 4.69) is 10.3 Å². The summed E-state index contributed by atoms with van der Waals surface area (Å²) in [5.74, 6) is -0.0113. The van der Waals surface area contributed by atoms with Gasteiger partial charge in [0.1, 0.15) is 11.3 Å². The smallest absolute Gasteiger partial charge is 0.254 e. The number of benzene rings is 2.